The Hall–Kier alpha value is -2.17. The fourth-order valence-corrected chi connectivity index (χ4v) is 2.88. The van der Waals surface area contributed by atoms with Gasteiger partial charge in [0.05, 0.1) is 6.54 Å². The van der Waals surface area contributed by atoms with Gasteiger partial charge in [-0.2, -0.15) is 0 Å². The summed E-state index contributed by atoms with van der Waals surface area (Å²) in [6, 6.07) is 7.75. The van der Waals surface area contributed by atoms with E-state index in [0.717, 1.165) is 30.3 Å². The fraction of sp³-hybridized carbons (Fsp3) is 0.438. The van der Waals surface area contributed by atoms with Crippen LogP contribution in [0.15, 0.2) is 24.3 Å². The maximum atomic E-state index is 12.5. The van der Waals surface area contributed by atoms with Crippen LogP contribution < -0.4 is 0 Å². The molecule has 21 heavy (non-hydrogen) atoms. The minimum Gasteiger partial charge on any atom is -0.329 e. The summed E-state index contributed by atoms with van der Waals surface area (Å²) in [6.45, 7) is 4.13. The number of rotatable bonds is 2. The van der Waals surface area contributed by atoms with Crippen LogP contribution in [-0.4, -0.2) is 32.1 Å². The first-order chi connectivity index (χ1) is 10.2. The van der Waals surface area contributed by atoms with E-state index in [1.807, 2.05) is 36.1 Å². The van der Waals surface area contributed by atoms with Gasteiger partial charge in [0.1, 0.15) is 5.82 Å². The van der Waals surface area contributed by atoms with Crippen molar-refractivity contribution in [1.29, 1.82) is 0 Å². The molecule has 1 amide bonds. The van der Waals surface area contributed by atoms with Crippen molar-refractivity contribution in [1.82, 2.24) is 19.7 Å². The second-order valence-corrected chi connectivity index (χ2v) is 5.99. The van der Waals surface area contributed by atoms with Crippen LogP contribution in [0.1, 0.15) is 46.3 Å². The Morgan fingerprint density at radius 3 is 2.62 bits per heavy atom. The summed E-state index contributed by atoms with van der Waals surface area (Å²) in [4.78, 5) is 14.4. The largest absolute Gasteiger partial charge is 0.329 e. The quantitative estimate of drug-likeness (QED) is 0.847. The third-order valence-corrected chi connectivity index (χ3v) is 4.31. The van der Waals surface area contributed by atoms with E-state index >= 15 is 0 Å². The first-order valence-corrected chi connectivity index (χ1v) is 7.50. The molecular weight excluding hydrogens is 264 g/mol. The molecule has 0 radical (unpaired) electrons. The number of aromatic nitrogens is 3. The Kier molecular flexibility index (Phi) is 2.80. The number of aryl methyl sites for hydroxylation is 1. The van der Waals surface area contributed by atoms with Gasteiger partial charge in [-0.3, -0.25) is 4.79 Å². The molecule has 1 aliphatic carbocycles. The number of carbonyl (C=O) groups excluding carboxylic acids is 1. The number of amides is 1. The number of benzene rings is 1. The molecule has 1 aliphatic heterocycles. The zero-order valence-electron chi connectivity index (χ0n) is 12.1. The first kappa shape index (κ1) is 12.6. The van der Waals surface area contributed by atoms with Crippen LogP contribution in [0.3, 0.4) is 0 Å². The van der Waals surface area contributed by atoms with Gasteiger partial charge in [-0.15, -0.1) is 10.2 Å². The monoisotopic (exact) mass is 282 g/mol. The van der Waals surface area contributed by atoms with Crippen molar-refractivity contribution in [2.75, 3.05) is 6.54 Å². The normalized spacial score (nSPS) is 17.7. The molecule has 0 unspecified atom stereocenters. The van der Waals surface area contributed by atoms with Gasteiger partial charge in [0.2, 0.25) is 0 Å². The molecule has 0 atom stereocenters. The maximum Gasteiger partial charge on any atom is 0.254 e. The van der Waals surface area contributed by atoms with Crippen LogP contribution in [0.2, 0.25) is 0 Å². The molecule has 1 fully saturated rings. The fourth-order valence-electron chi connectivity index (χ4n) is 2.88. The zero-order valence-corrected chi connectivity index (χ0v) is 12.1. The maximum absolute atomic E-state index is 12.5. The highest BCUT2D eigenvalue weighted by Crippen LogP contribution is 2.39. The standard InChI is InChI=1S/C16H18N4O/c1-11-2-4-13(5-3-11)16(21)19-8-9-20-14(10-19)17-18-15(20)12-6-7-12/h2-5,12H,6-10H2,1H3. The van der Waals surface area contributed by atoms with Crippen molar-refractivity contribution in [2.24, 2.45) is 0 Å². The summed E-state index contributed by atoms with van der Waals surface area (Å²) in [5.41, 5.74) is 1.91. The van der Waals surface area contributed by atoms with Crippen molar-refractivity contribution in [3.05, 3.63) is 47.0 Å². The van der Waals surface area contributed by atoms with Gasteiger partial charge in [-0.05, 0) is 31.9 Å². The number of hydrogen-bond acceptors (Lipinski definition) is 3. The Labute approximate surface area is 123 Å². The van der Waals surface area contributed by atoms with E-state index in [0.29, 0.717) is 12.5 Å². The summed E-state index contributed by atoms with van der Waals surface area (Å²) in [6.07, 6.45) is 2.45. The SMILES string of the molecule is Cc1ccc(C(=O)N2CCn3c(nnc3C3CC3)C2)cc1. The van der Waals surface area contributed by atoms with Gasteiger partial charge >= 0.3 is 0 Å². The first-order valence-electron chi connectivity index (χ1n) is 7.50. The van der Waals surface area contributed by atoms with Crippen LogP contribution in [0.4, 0.5) is 0 Å². The molecule has 108 valence electrons. The summed E-state index contributed by atoms with van der Waals surface area (Å²) < 4.78 is 2.20. The van der Waals surface area contributed by atoms with Crippen molar-refractivity contribution >= 4 is 5.91 Å². The summed E-state index contributed by atoms with van der Waals surface area (Å²) in [7, 11) is 0. The third-order valence-electron chi connectivity index (χ3n) is 4.31. The van der Waals surface area contributed by atoms with E-state index in [2.05, 4.69) is 14.8 Å². The van der Waals surface area contributed by atoms with Crippen LogP contribution in [0, 0.1) is 6.92 Å². The van der Waals surface area contributed by atoms with E-state index in [-0.39, 0.29) is 5.91 Å². The molecule has 5 nitrogen and oxygen atoms in total. The van der Waals surface area contributed by atoms with Crippen LogP contribution in [0.5, 0.6) is 0 Å². The molecule has 0 saturated heterocycles. The number of nitrogens with zero attached hydrogens (tertiary/aromatic N) is 4. The minimum absolute atomic E-state index is 0.0808. The third kappa shape index (κ3) is 2.22. The lowest BCUT2D eigenvalue weighted by Crippen LogP contribution is -2.38. The smallest absolute Gasteiger partial charge is 0.254 e. The second kappa shape index (κ2) is 4.69. The Balaban J connectivity index is 1.55. The number of carbonyl (C=O) groups is 1. The molecule has 1 aromatic heterocycles. The molecule has 2 heterocycles. The molecule has 0 bridgehead atoms. The summed E-state index contributed by atoms with van der Waals surface area (Å²) in [5.74, 6) is 2.72. The van der Waals surface area contributed by atoms with Crippen molar-refractivity contribution in [2.45, 2.75) is 38.8 Å². The van der Waals surface area contributed by atoms with Gasteiger partial charge < -0.3 is 9.47 Å². The molecule has 0 spiro atoms. The summed E-state index contributed by atoms with van der Waals surface area (Å²) in [5, 5.41) is 8.59. The number of fused-ring (bicyclic) bond motifs is 1. The molecule has 2 aromatic rings. The van der Waals surface area contributed by atoms with Crippen molar-refractivity contribution < 1.29 is 4.79 Å². The molecule has 4 rings (SSSR count). The van der Waals surface area contributed by atoms with Gasteiger partial charge in [0, 0.05) is 24.6 Å². The second-order valence-electron chi connectivity index (χ2n) is 5.99. The molecule has 2 aliphatic rings. The summed E-state index contributed by atoms with van der Waals surface area (Å²) >= 11 is 0. The lowest BCUT2D eigenvalue weighted by atomic mass is 10.1. The van der Waals surface area contributed by atoms with Crippen LogP contribution in [0.25, 0.3) is 0 Å². The lowest BCUT2D eigenvalue weighted by molar-refractivity contribution is 0.0706. The molecular formula is C16H18N4O. The van der Waals surface area contributed by atoms with Gasteiger partial charge in [0.25, 0.3) is 5.91 Å². The van der Waals surface area contributed by atoms with Gasteiger partial charge in [-0.25, -0.2) is 0 Å². The van der Waals surface area contributed by atoms with E-state index in [1.165, 1.54) is 18.4 Å². The molecule has 1 saturated carbocycles. The minimum atomic E-state index is 0.0808. The molecule has 1 aromatic carbocycles. The zero-order chi connectivity index (χ0) is 14.4. The van der Waals surface area contributed by atoms with Gasteiger partial charge in [0.15, 0.2) is 5.82 Å². The van der Waals surface area contributed by atoms with Crippen LogP contribution >= 0.6 is 0 Å². The number of hydrogen-bond donors (Lipinski definition) is 0. The van der Waals surface area contributed by atoms with Gasteiger partial charge in [-0.1, -0.05) is 17.7 Å². The Morgan fingerprint density at radius 1 is 1.14 bits per heavy atom. The Bertz CT molecular complexity index is 685. The highest BCUT2D eigenvalue weighted by Gasteiger charge is 2.32. The van der Waals surface area contributed by atoms with E-state index in [4.69, 9.17) is 0 Å². The predicted octanol–water partition coefficient (Wildman–Crippen LogP) is 2.12. The average molecular weight is 282 g/mol. The highest BCUT2D eigenvalue weighted by atomic mass is 16.2. The highest BCUT2D eigenvalue weighted by molar-refractivity contribution is 5.94. The van der Waals surface area contributed by atoms with Crippen molar-refractivity contribution in [3.8, 4) is 0 Å². The Morgan fingerprint density at radius 2 is 1.90 bits per heavy atom. The van der Waals surface area contributed by atoms with Crippen LogP contribution in [-0.2, 0) is 13.1 Å². The molecule has 5 heteroatoms. The van der Waals surface area contributed by atoms with E-state index < -0.39 is 0 Å². The van der Waals surface area contributed by atoms with E-state index in [1.54, 1.807) is 0 Å². The molecule has 0 N–H and O–H groups in total. The lowest BCUT2D eigenvalue weighted by Gasteiger charge is -2.28. The van der Waals surface area contributed by atoms with E-state index in [9.17, 15) is 4.79 Å². The average Bonchev–Trinajstić information content (AvgIpc) is 3.26. The topological polar surface area (TPSA) is 51.0 Å². The van der Waals surface area contributed by atoms with Crippen molar-refractivity contribution in [3.63, 3.8) is 0 Å². The predicted molar refractivity (Wildman–Crippen MR) is 77.9 cm³/mol.